The molecular weight excluding hydrogens is 402 g/mol. The van der Waals surface area contributed by atoms with Crippen LogP contribution in [0.15, 0.2) is 18.5 Å². The maximum absolute atomic E-state index is 12.7. The zero-order valence-electron chi connectivity index (χ0n) is 18.6. The van der Waals surface area contributed by atoms with Gasteiger partial charge < -0.3 is 24.4 Å². The lowest BCUT2D eigenvalue weighted by Crippen LogP contribution is -2.54. The molecule has 10 heteroatoms. The first-order chi connectivity index (χ1) is 14.7. The highest BCUT2D eigenvalue weighted by Crippen LogP contribution is 2.34. The number of fused-ring (bicyclic) bond motifs is 1. The van der Waals surface area contributed by atoms with Crippen molar-refractivity contribution >= 4 is 28.7 Å². The number of methoxy groups -OCH3 is 2. The third kappa shape index (κ3) is 4.73. The van der Waals surface area contributed by atoms with Gasteiger partial charge in [0.1, 0.15) is 18.7 Å². The van der Waals surface area contributed by atoms with Crippen molar-refractivity contribution in [2.75, 3.05) is 51.8 Å². The average molecular weight is 431 g/mol. The minimum Gasteiger partial charge on any atom is -0.493 e. The van der Waals surface area contributed by atoms with Crippen molar-refractivity contribution in [1.29, 1.82) is 0 Å². The predicted molar refractivity (Wildman–Crippen MR) is 116 cm³/mol. The molecule has 1 aromatic carbocycles. The molecule has 0 bridgehead atoms. The number of anilines is 1. The molecule has 2 heterocycles. The minimum atomic E-state index is -1.10. The van der Waals surface area contributed by atoms with Crippen molar-refractivity contribution < 1.29 is 24.2 Å². The Kier molecular flexibility index (Phi) is 6.37. The zero-order chi connectivity index (χ0) is 22.8. The molecule has 1 aliphatic rings. The van der Waals surface area contributed by atoms with Gasteiger partial charge in [0.15, 0.2) is 11.5 Å². The van der Waals surface area contributed by atoms with Crippen LogP contribution in [-0.2, 0) is 4.79 Å². The summed E-state index contributed by atoms with van der Waals surface area (Å²) in [4.78, 5) is 38.0. The van der Waals surface area contributed by atoms with Crippen molar-refractivity contribution in [1.82, 2.24) is 19.8 Å². The van der Waals surface area contributed by atoms with Gasteiger partial charge in [-0.25, -0.2) is 14.8 Å². The topological polar surface area (TPSA) is 108 Å². The van der Waals surface area contributed by atoms with E-state index in [-0.39, 0.29) is 12.5 Å². The second-order valence-electron chi connectivity index (χ2n) is 8.33. The maximum Gasteiger partial charge on any atom is 0.408 e. The van der Waals surface area contributed by atoms with Gasteiger partial charge in [0.2, 0.25) is 5.91 Å². The molecule has 2 aromatic rings. The molecule has 1 aliphatic heterocycles. The number of amides is 2. The second-order valence-corrected chi connectivity index (χ2v) is 8.33. The third-order valence-electron chi connectivity index (χ3n) is 5.39. The van der Waals surface area contributed by atoms with Crippen molar-refractivity contribution in [3.8, 4) is 11.5 Å². The molecule has 0 atom stereocenters. The number of aromatic nitrogens is 2. The smallest absolute Gasteiger partial charge is 0.408 e. The number of ether oxygens (including phenoxy) is 2. The number of hydrogen-bond donors (Lipinski definition) is 1. The van der Waals surface area contributed by atoms with Crippen LogP contribution in [0, 0.1) is 0 Å². The van der Waals surface area contributed by atoms with Crippen LogP contribution < -0.4 is 14.4 Å². The fourth-order valence-corrected chi connectivity index (χ4v) is 3.62. The van der Waals surface area contributed by atoms with E-state index in [9.17, 15) is 14.7 Å². The largest absolute Gasteiger partial charge is 0.493 e. The Balaban J connectivity index is 1.74. The summed E-state index contributed by atoms with van der Waals surface area (Å²) in [5.74, 6) is 1.75. The van der Waals surface area contributed by atoms with Gasteiger partial charge in [-0.3, -0.25) is 9.69 Å². The molecule has 0 spiro atoms. The van der Waals surface area contributed by atoms with Gasteiger partial charge in [-0.15, -0.1) is 0 Å². The first kappa shape index (κ1) is 22.4. The van der Waals surface area contributed by atoms with Crippen LogP contribution in [-0.4, -0.2) is 89.4 Å². The van der Waals surface area contributed by atoms with Crippen molar-refractivity contribution in [2.45, 2.75) is 26.3 Å². The maximum atomic E-state index is 12.7. The molecule has 1 aromatic heterocycles. The van der Waals surface area contributed by atoms with Gasteiger partial charge in [0.25, 0.3) is 0 Å². The first-order valence-corrected chi connectivity index (χ1v) is 10.1. The molecule has 1 N–H and O–H groups in total. The Hall–Kier alpha value is -3.30. The van der Waals surface area contributed by atoms with Crippen LogP contribution in [0.3, 0.4) is 0 Å². The minimum absolute atomic E-state index is 0.160. The molecule has 31 heavy (non-hydrogen) atoms. The van der Waals surface area contributed by atoms with Gasteiger partial charge in [-0.05, 0) is 26.8 Å². The van der Waals surface area contributed by atoms with E-state index in [0.717, 1.165) is 16.7 Å². The van der Waals surface area contributed by atoms with Gasteiger partial charge in [-0.2, -0.15) is 0 Å². The van der Waals surface area contributed by atoms with Crippen LogP contribution in [0.25, 0.3) is 10.9 Å². The van der Waals surface area contributed by atoms with E-state index in [0.29, 0.717) is 37.7 Å². The van der Waals surface area contributed by atoms with E-state index in [4.69, 9.17) is 9.47 Å². The van der Waals surface area contributed by atoms with Gasteiger partial charge in [-0.1, -0.05) is 0 Å². The van der Waals surface area contributed by atoms with Crippen molar-refractivity contribution in [3.63, 3.8) is 0 Å². The number of carbonyl (C=O) groups is 2. The SMILES string of the molecule is COc1cc2ncnc(N3CCN(C(=O)CN(C(=O)O)C(C)(C)C)CC3)c2cc1OC. The van der Waals surface area contributed by atoms with Crippen LogP contribution >= 0.6 is 0 Å². The summed E-state index contributed by atoms with van der Waals surface area (Å²) in [5, 5.41) is 10.3. The number of hydrogen-bond acceptors (Lipinski definition) is 7. The lowest BCUT2D eigenvalue weighted by Gasteiger charge is -2.38. The van der Waals surface area contributed by atoms with E-state index in [1.807, 2.05) is 12.1 Å². The molecule has 0 saturated carbocycles. The molecule has 1 fully saturated rings. The molecular formula is C21H29N5O5. The van der Waals surface area contributed by atoms with E-state index in [1.165, 1.54) is 11.2 Å². The number of carboxylic acid groups (broad SMARTS) is 1. The van der Waals surface area contributed by atoms with E-state index in [1.54, 1.807) is 39.9 Å². The molecule has 168 valence electrons. The van der Waals surface area contributed by atoms with Crippen molar-refractivity contribution in [3.05, 3.63) is 18.5 Å². The summed E-state index contributed by atoms with van der Waals surface area (Å²) in [7, 11) is 3.16. The van der Waals surface area contributed by atoms with Gasteiger partial charge in [0, 0.05) is 43.2 Å². The van der Waals surface area contributed by atoms with E-state index < -0.39 is 11.6 Å². The normalized spacial score (nSPS) is 14.5. The highest BCUT2D eigenvalue weighted by atomic mass is 16.5. The first-order valence-electron chi connectivity index (χ1n) is 10.1. The summed E-state index contributed by atoms with van der Waals surface area (Å²) in [6.07, 6.45) is 0.408. The Morgan fingerprint density at radius 1 is 1.06 bits per heavy atom. The summed E-state index contributed by atoms with van der Waals surface area (Å²) >= 11 is 0. The molecule has 1 saturated heterocycles. The summed E-state index contributed by atoms with van der Waals surface area (Å²) in [5.41, 5.74) is 0.0898. The number of piperazine rings is 1. The summed E-state index contributed by atoms with van der Waals surface area (Å²) < 4.78 is 10.8. The molecule has 0 aliphatic carbocycles. The molecule has 10 nitrogen and oxygen atoms in total. The predicted octanol–water partition coefficient (Wildman–Crippen LogP) is 2.07. The summed E-state index contributed by atoms with van der Waals surface area (Å²) in [6.45, 7) is 7.28. The molecule has 3 rings (SSSR count). The van der Waals surface area contributed by atoms with Crippen LogP contribution in [0.4, 0.5) is 10.6 Å². The van der Waals surface area contributed by atoms with Gasteiger partial charge >= 0.3 is 6.09 Å². The number of carbonyl (C=O) groups excluding carboxylic acids is 1. The molecule has 0 unspecified atom stereocenters. The quantitative estimate of drug-likeness (QED) is 0.767. The summed E-state index contributed by atoms with van der Waals surface area (Å²) in [6, 6.07) is 3.67. The zero-order valence-corrected chi connectivity index (χ0v) is 18.6. The Bertz CT molecular complexity index is 967. The lowest BCUT2D eigenvalue weighted by molar-refractivity contribution is -0.133. The monoisotopic (exact) mass is 431 g/mol. The standard InChI is InChI=1S/C21H29N5O5/c1-21(2,3)26(20(28)29)12-18(27)24-6-8-25(9-7-24)19-14-10-16(30-4)17(31-5)11-15(14)22-13-23-19/h10-11,13H,6-9,12H2,1-5H3,(H,28,29). The second kappa shape index (κ2) is 8.83. The Morgan fingerprint density at radius 3 is 2.23 bits per heavy atom. The molecule has 2 amide bonds. The van der Waals surface area contributed by atoms with E-state index in [2.05, 4.69) is 14.9 Å². The van der Waals surface area contributed by atoms with Gasteiger partial charge in [0.05, 0.1) is 19.7 Å². The number of benzene rings is 1. The number of nitrogens with zero attached hydrogens (tertiary/aromatic N) is 5. The molecule has 0 radical (unpaired) electrons. The fourth-order valence-electron chi connectivity index (χ4n) is 3.62. The lowest BCUT2D eigenvalue weighted by atomic mass is 10.1. The van der Waals surface area contributed by atoms with Crippen LogP contribution in [0.2, 0.25) is 0 Å². The number of rotatable bonds is 5. The highest BCUT2D eigenvalue weighted by Gasteiger charge is 2.31. The Morgan fingerprint density at radius 2 is 1.68 bits per heavy atom. The highest BCUT2D eigenvalue weighted by molar-refractivity contribution is 5.92. The van der Waals surface area contributed by atoms with Crippen LogP contribution in [0.1, 0.15) is 20.8 Å². The fraction of sp³-hybridized carbons (Fsp3) is 0.524. The van der Waals surface area contributed by atoms with E-state index >= 15 is 0 Å². The Labute approximate surface area is 181 Å². The third-order valence-corrected chi connectivity index (χ3v) is 5.39. The average Bonchev–Trinajstić information content (AvgIpc) is 2.74. The van der Waals surface area contributed by atoms with Crippen molar-refractivity contribution in [2.24, 2.45) is 0 Å². The van der Waals surface area contributed by atoms with Crippen LogP contribution in [0.5, 0.6) is 11.5 Å².